The number of pyridine rings is 1. The molecule has 3 N–H and O–H groups in total. The van der Waals surface area contributed by atoms with Gasteiger partial charge in [0.15, 0.2) is 0 Å². The maximum atomic E-state index is 5.59. The second kappa shape index (κ2) is 6.66. The normalized spacial score (nSPS) is 12.8. The van der Waals surface area contributed by atoms with Gasteiger partial charge in [0.2, 0.25) is 0 Å². The summed E-state index contributed by atoms with van der Waals surface area (Å²) in [6.07, 6.45) is 1.73. The minimum atomic E-state index is 0.326. The van der Waals surface area contributed by atoms with Crippen molar-refractivity contribution in [3.05, 3.63) is 24.0 Å². The molecule has 0 bridgehead atoms. The van der Waals surface area contributed by atoms with Crippen LogP contribution in [0, 0.1) is 5.92 Å². The Kier molecular flexibility index (Phi) is 5.50. The smallest absolute Gasteiger partial charge is 0.122 e. The van der Waals surface area contributed by atoms with E-state index >= 15 is 0 Å². The van der Waals surface area contributed by atoms with Crippen LogP contribution >= 0.6 is 12.2 Å². The molecule has 0 spiro atoms. The lowest BCUT2D eigenvalue weighted by atomic mass is 10.0. The Morgan fingerprint density at radius 3 is 2.67 bits per heavy atom. The van der Waals surface area contributed by atoms with Crippen LogP contribution in [0.4, 0.5) is 5.69 Å². The van der Waals surface area contributed by atoms with E-state index in [0.717, 1.165) is 12.2 Å². The van der Waals surface area contributed by atoms with E-state index in [1.54, 1.807) is 6.20 Å². The third-order valence-electron chi connectivity index (χ3n) is 2.73. The van der Waals surface area contributed by atoms with E-state index in [4.69, 9.17) is 18.0 Å². The Bertz CT molecular complexity index is 404. The van der Waals surface area contributed by atoms with Crippen molar-refractivity contribution in [2.24, 2.45) is 11.7 Å². The highest BCUT2D eigenvalue weighted by Gasteiger charge is 2.14. The molecule has 0 aliphatic carbocycles. The van der Waals surface area contributed by atoms with E-state index < -0.39 is 0 Å². The second-order valence-electron chi connectivity index (χ2n) is 5.05. The number of hydrogen-bond donors (Lipinski definition) is 2. The maximum absolute atomic E-state index is 5.59. The molecule has 100 valence electrons. The van der Waals surface area contributed by atoms with Crippen molar-refractivity contribution in [1.82, 2.24) is 9.88 Å². The lowest BCUT2D eigenvalue weighted by Crippen LogP contribution is -2.36. The van der Waals surface area contributed by atoms with Gasteiger partial charge >= 0.3 is 0 Å². The van der Waals surface area contributed by atoms with Crippen LogP contribution in [0.2, 0.25) is 0 Å². The number of likely N-dealkylation sites (N-methyl/N-ethyl adjacent to an activating group) is 1. The van der Waals surface area contributed by atoms with Crippen LogP contribution < -0.4 is 11.1 Å². The molecule has 0 aliphatic rings. The fourth-order valence-corrected chi connectivity index (χ4v) is 1.80. The van der Waals surface area contributed by atoms with Gasteiger partial charge in [0.25, 0.3) is 0 Å². The van der Waals surface area contributed by atoms with Crippen molar-refractivity contribution in [2.75, 3.05) is 26.0 Å². The summed E-state index contributed by atoms with van der Waals surface area (Å²) in [7, 11) is 4.15. The summed E-state index contributed by atoms with van der Waals surface area (Å²) in [6.45, 7) is 5.38. The van der Waals surface area contributed by atoms with Gasteiger partial charge in [-0.1, -0.05) is 26.1 Å². The third-order valence-corrected chi connectivity index (χ3v) is 2.94. The molecule has 18 heavy (non-hydrogen) atoms. The fourth-order valence-electron chi connectivity index (χ4n) is 1.69. The zero-order chi connectivity index (χ0) is 13.7. The molecule has 0 aromatic carbocycles. The molecule has 0 radical (unpaired) electrons. The number of thiocarbonyl (C=S) groups is 1. The number of anilines is 1. The molecule has 1 heterocycles. The van der Waals surface area contributed by atoms with Crippen molar-refractivity contribution in [1.29, 1.82) is 0 Å². The molecule has 0 saturated heterocycles. The zero-order valence-electron chi connectivity index (χ0n) is 11.5. The Balaban J connectivity index is 2.80. The van der Waals surface area contributed by atoms with Crippen LogP contribution in [-0.2, 0) is 0 Å². The van der Waals surface area contributed by atoms with E-state index in [0.29, 0.717) is 22.6 Å². The molecule has 1 aromatic rings. The molecule has 4 nitrogen and oxygen atoms in total. The number of hydrogen-bond acceptors (Lipinski definition) is 4. The first-order valence-electron chi connectivity index (χ1n) is 6.07. The summed E-state index contributed by atoms with van der Waals surface area (Å²) in [5, 5.41) is 3.51. The third kappa shape index (κ3) is 4.58. The molecule has 0 fully saturated rings. The standard InChI is InChI=1S/C13H22N4S/c1-9(2)12(8-17(3)4)16-10-5-6-15-11(7-10)13(14)18/h5-7,9,12H,8H2,1-4H3,(H2,14,18)(H,15,16). The highest BCUT2D eigenvalue weighted by atomic mass is 32.1. The Hall–Kier alpha value is -1.20. The summed E-state index contributed by atoms with van der Waals surface area (Å²) < 4.78 is 0. The topological polar surface area (TPSA) is 54.2 Å². The number of nitrogens with one attached hydrogen (secondary N) is 1. The van der Waals surface area contributed by atoms with Crippen molar-refractivity contribution < 1.29 is 0 Å². The number of nitrogens with zero attached hydrogens (tertiary/aromatic N) is 2. The lowest BCUT2D eigenvalue weighted by Gasteiger charge is -2.26. The van der Waals surface area contributed by atoms with E-state index in [9.17, 15) is 0 Å². The molecule has 1 rings (SSSR count). The van der Waals surface area contributed by atoms with Crippen LogP contribution in [0.5, 0.6) is 0 Å². The highest BCUT2D eigenvalue weighted by Crippen LogP contribution is 2.14. The first-order valence-corrected chi connectivity index (χ1v) is 6.48. The van der Waals surface area contributed by atoms with Gasteiger partial charge in [0, 0.05) is 24.5 Å². The average Bonchev–Trinajstić information content (AvgIpc) is 2.27. The Labute approximate surface area is 115 Å². The van der Waals surface area contributed by atoms with Gasteiger partial charge in [0.05, 0.1) is 5.69 Å². The predicted molar refractivity (Wildman–Crippen MR) is 80.9 cm³/mol. The number of aromatic nitrogens is 1. The maximum Gasteiger partial charge on any atom is 0.122 e. The highest BCUT2D eigenvalue weighted by molar-refractivity contribution is 7.80. The predicted octanol–water partition coefficient (Wildman–Crippen LogP) is 1.71. The number of rotatable bonds is 6. The molecule has 0 aliphatic heterocycles. The van der Waals surface area contributed by atoms with Gasteiger partial charge in [-0.25, -0.2) is 0 Å². The minimum Gasteiger partial charge on any atom is -0.388 e. The van der Waals surface area contributed by atoms with Gasteiger partial charge in [-0.15, -0.1) is 0 Å². The van der Waals surface area contributed by atoms with Gasteiger partial charge < -0.3 is 16.0 Å². The van der Waals surface area contributed by atoms with Crippen molar-refractivity contribution in [2.45, 2.75) is 19.9 Å². The van der Waals surface area contributed by atoms with E-state index in [1.807, 2.05) is 12.1 Å². The first-order chi connectivity index (χ1) is 8.40. The van der Waals surface area contributed by atoms with Crippen molar-refractivity contribution in [3.63, 3.8) is 0 Å². The summed E-state index contributed by atoms with van der Waals surface area (Å²) in [5.41, 5.74) is 7.25. The molecule has 1 unspecified atom stereocenters. The molecule has 1 atom stereocenters. The second-order valence-corrected chi connectivity index (χ2v) is 5.49. The van der Waals surface area contributed by atoms with Crippen LogP contribution in [0.3, 0.4) is 0 Å². The quantitative estimate of drug-likeness (QED) is 0.768. The summed E-state index contributed by atoms with van der Waals surface area (Å²) in [6, 6.07) is 4.21. The van der Waals surface area contributed by atoms with E-state index in [1.165, 1.54) is 0 Å². The van der Waals surface area contributed by atoms with E-state index in [2.05, 4.69) is 43.1 Å². The fraction of sp³-hybridized carbons (Fsp3) is 0.538. The Morgan fingerprint density at radius 1 is 1.50 bits per heavy atom. The number of nitrogens with two attached hydrogens (primary N) is 1. The van der Waals surface area contributed by atoms with Gasteiger partial charge in [-0.05, 0) is 32.1 Å². The molecular weight excluding hydrogens is 244 g/mol. The largest absolute Gasteiger partial charge is 0.388 e. The first kappa shape index (κ1) is 14.9. The monoisotopic (exact) mass is 266 g/mol. The summed E-state index contributed by atoms with van der Waals surface area (Å²) in [4.78, 5) is 6.64. The zero-order valence-corrected chi connectivity index (χ0v) is 12.3. The molecule has 0 amide bonds. The van der Waals surface area contributed by atoms with Gasteiger partial charge in [-0.2, -0.15) is 0 Å². The van der Waals surface area contributed by atoms with Crippen molar-refractivity contribution in [3.8, 4) is 0 Å². The van der Waals surface area contributed by atoms with Crippen molar-refractivity contribution >= 4 is 22.9 Å². The Morgan fingerprint density at radius 2 is 2.17 bits per heavy atom. The van der Waals surface area contributed by atoms with Gasteiger partial charge in [-0.3, -0.25) is 4.98 Å². The summed E-state index contributed by atoms with van der Waals surface area (Å²) in [5.74, 6) is 0.536. The van der Waals surface area contributed by atoms with Crippen LogP contribution in [0.15, 0.2) is 18.3 Å². The van der Waals surface area contributed by atoms with Crippen LogP contribution in [0.1, 0.15) is 19.5 Å². The molecule has 5 heteroatoms. The molecule has 1 aromatic heterocycles. The lowest BCUT2D eigenvalue weighted by molar-refractivity contribution is 0.344. The van der Waals surface area contributed by atoms with E-state index in [-0.39, 0.29) is 0 Å². The molecular formula is C13H22N4S. The average molecular weight is 266 g/mol. The van der Waals surface area contributed by atoms with Crippen LogP contribution in [0.25, 0.3) is 0 Å². The molecule has 0 saturated carbocycles. The minimum absolute atomic E-state index is 0.326. The summed E-state index contributed by atoms with van der Waals surface area (Å²) >= 11 is 4.94. The van der Waals surface area contributed by atoms with Crippen LogP contribution in [-0.4, -0.2) is 41.6 Å². The van der Waals surface area contributed by atoms with Gasteiger partial charge in [0.1, 0.15) is 4.99 Å². The SMILES string of the molecule is CC(C)C(CN(C)C)Nc1ccnc(C(N)=S)c1.